The molecule has 0 fully saturated rings. The van der Waals surface area contributed by atoms with E-state index >= 15 is 0 Å². The average molecular weight is 333 g/mol. The fourth-order valence-corrected chi connectivity index (χ4v) is 3.27. The highest BCUT2D eigenvalue weighted by atomic mass is 79.9. The predicted octanol–water partition coefficient (Wildman–Crippen LogP) is 3.54. The lowest BCUT2D eigenvalue weighted by Crippen LogP contribution is -2.29. The van der Waals surface area contributed by atoms with Crippen LogP contribution in [0.2, 0.25) is 0 Å². The summed E-state index contributed by atoms with van der Waals surface area (Å²) in [6.45, 7) is 0. The third-order valence-electron chi connectivity index (χ3n) is 2.57. The first-order valence-corrected chi connectivity index (χ1v) is 6.91. The molecule has 0 aliphatic rings. The van der Waals surface area contributed by atoms with E-state index in [1.54, 1.807) is 11.3 Å². The number of nitrogens with one attached hydrogen (secondary N) is 1. The summed E-state index contributed by atoms with van der Waals surface area (Å²) in [5.41, 5.74) is 3.09. The molecule has 1 atom stereocenters. The lowest BCUT2D eigenvalue weighted by molar-refractivity contribution is 0.532. The fourth-order valence-electron chi connectivity index (χ4n) is 1.71. The van der Waals surface area contributed by atoms with Gasteiger partial charge in [-0.25, -0.2) is 8.78 Å². The van der Waals surface area contributed by atoms with Crippen LogP contribution >= 0.6 is 27.3 Å². The van der Waals surface area contributed by atoms with Crippen molar-refractivity contribution in [2.24, 2.45) is 5.84 Å². The predicted molar refractivity (Wildman–Crippen MR) is 72.1 cm³/mol. The van der Waals surface area contributed by atoms with Crippen LogP contribution in [0.1, 0.15) is 16.5 Å². The third-order valence-corrected chi connectivity index (χ3v) is 4.52. The number of thiophene rings is 1. The van der Waals surface area contributed by atoms with Crippen molar-refractivity contribution in [2.45, 2.75) is 12.5 Å². The van der Waals surface area contributed by atoms with E-state index < -0.39 is 11.6 Å². The van der Waals surface area contributed by atoms with E-state index in [2.05, 4.69) is 21.4 Å². The Hall–Kier alpha value is -0.820. The SMILES string of the molecule is NNC(Cc1sccc1Br)c1cc(F)cc(F)c1. The normalized spacial score (nSPS) is 12.7. The Bertz CT molecular complexity index is 524. The van der Waals surface area contributed by atoms with Gasteiger partial charge in [-0.2, -0.15) is 0 Å². The number of rotatable bonds is 4. The summed E-state index contributed by atoms with van der Waals surface area (Å²) < 4.78 is 27.3. The molecule has 0 spiro atoms. The number of benzene rings is 1. The molecule has 1 heterocycles. The van der Waals surface area contributed by atoms with Gasteiger partial charge in [0.05, 0.1) is 6.04 Å². The van der Waals surface area contributed by atoms with Gasteiger partial charge in [-0.3, -0.25) is 11.3 Å². The monoisotopic (exact) mass is 332 g/mol. The van der Waals surface area contributed by atoms with Crippen molar-refractivity contribution in [2.75, 3.05) is 0 Å². The fraction of sp³-hybridized carbons (Fsp3) is 0.167. The van der Waals surface area contributed by atoms with Crippen molar-refractivity contribution in [3.8, 4) is 0 Å². The topological polar surface area (TPSA) is 38.0 Å². The van der Waals surface area contributed by atoms with E-state index in [4.69, 9.17) is 5.84 Å². The largest absolute Gasteiger partial charge is 0.271 e. The van der Waals surface area contributed by atoms with E-state index in [0.717, 1.165) is 15.4 Å². The number of hydrazine groups is 1. The first-order chi connectivity index (χ1) is 8.60. The molecule has 96 valence electrons. The van der Waals surface area contributed by atoms with E-state index in [9.17, 15) is 8.78 Å². The van der Waals surface area contributed by atoms with Gasteiger partial charge >= 0.3 is 0 Å². The highest BCUT2D eigenvalue weighted by Crippen LogP contribution is 2.28. The van der Waals surface area contributed by atoms with E-state index in [-0.39, 0.29) is 6.04 Å². The maximum absolute atomic E-state index is 13.2. The minimum Gasteiger partial charge on any atom is -0.271 e. The Balaban J connectivity index is 2.25. The summed E-state index contributed by atoms with van der Waals surface area (Å²) in [5.74, 6) is 4.26. The Labute approximate surface area is 116 Å². The lowest BCUT2D eigenvalue weighted by atomic mass is 10.0. The quantitative estimate of drug-likeness (QED) is 0.663. The van der Waals surface area contributed by atoms with Gasteiger partial charge in [0.2, 0.25) is 0 Å². The zero-order valence-electron chi connectivity index (χ0n) is 9.29. The number of hydrogen-bond acceptors (Lipinski definition) is 3. The number of hydrogen-bond donors (Lipinski definition) is 2. The molecule has 0 aliphatic carbocycles. The van der Waals surface area contributed by atoms with Gasteiger partial charge in [-0.1, -0.05) is 0 Å². The van der Waals surface area contributed by atoms with Crippen molar-refractivity contribution >= 4 is 27.3 Å². The van der Waals surface area contributed by atoms with E-state index in [0.29, 0.717) is 12.0 Å². The zero-order valence-corrected chi connectivity index (χ0v) is 11.7. The van der Waals surface area contributed by atoms with Crippen LogP contribution in [0.15, 0.2) is 34.1 Å². The summed E-state index contributed by atoms with van der Waals surface area (Å²) in [6, 6.07) is 5.02. The molecule has 3 N–H and O–H groups in total. The Morgan fingerprint density at radius 1 is 1.28 bits per heavy atom. The summed E-state index contributed by atoms with van der Waals surface area (Å²) in [6.07, 6.45) is 0.567. The molecule has 0 radical (unpaired) electrons. The van der Waals surface area contributed by atoms with Gasteiger partial charge in [0.15, 0.2) is 0 Å². The van der Waals surface area contributed by atoms with E-state index in [1.807, 2.05) is 11.4 Å². The second kappa shape index (κ2) is 5.88. The summed E-state index contributed by atoms with van der Waals surface area (Å²) >= 11 is 4.99. The minimum absolute atomic E-state index is 0.329. The molecule has 0 bridgehead atoms. The van der Waals surface area contributed by atoms with Crippen molar-refractivity contribution in [1.82, 2.24) is 5.43 Å². The lowest BCUT2D eigenvalue weighted by Gasteiger charge is -2.16. The highest BCUT2D eigenvalue weighted by molar-refractivity contribution is 9.10. The van der Waals surface area contributed by atoms with Crippen LogP contribution in [-0.2, 0) is 6.42 Å². The molecule has 2 aromatic rings. The molecular weight excluding hydrogens is 322 g/mol. The number of nitrogens with two attached hydrogens (primary N) is 1. The van der Waals surface area contributed by atoms with Crippen LogP contribution in [0.25, 0.3) is 0 Å². The van der Waals surface area contributed by atoms with Crippen molar-refractivity contribution in [3.63, 3.8) is 0 Å². The molecule has 6 heteroatoms. The van der Waals surface area contributed by atoms with Crippen molar-refractivity contribution in [1.29, 1.82) is 0 Å². The Morgan fingerprint density at radius 2 is 1.94 bits per heavy atom. The molecule has 18 heavy (non-hydrogen) atoms. The zero-order chi connectivity index (χ0) is 13.1. The van der Waals surface area contributed by atoms with Gasteiger partial charge in [0.25, 0.3) is 0 Å². The second-order valence-electron chi connectivity index (χ2n) is 3.82. The third kappa shape index (κ3) is 3.14. The smallest absolute Gasteiger partial charge is 0.126 e. The summed E-state index contributed by atoms with van der Waals surface area (Å²) in [4.78, 5) is 1.07. The number of halogens is 3. The maximum Gasteiger partial charge on any atom is 0.126 e. The Morgan fingerprint density at radius 3 is 2.44 bits per heavy atom. The molecule has 1 aromatic carbocycles. The average Bonchev–Trinajstić information content (AvgIpc) is 2.70. The van der Waals surface area contributed by atoms with Crippen molar-refractivity contribution < 1.29 is 8.78 Å². The Kier molecular flexibility index (Phi) is 4.45. The standard InChI is InChI=1S/C12H11BrF2N2S/c13-10-1-2-18-12(10)6-11(17-16)7-3-8(14)5-9(15)4-7/h1-5,11,17H,6,16H2. The van der Waals surface area contributed by atoms with E-state index in [1.165, 1.54) is 12.1 Å². The van der Waals surface area contributed by atoms with Crippen LogP contribution in [0, 0.1) is 11.6 Å². The van der Waals surface area contributed by atoms with Gasteiger partial charge in [-0.05, 0) is 45.1 Å². The summed E-state index contributed by atoms with van der Waals surface area (Å²) in [5, 5.41) is 1.94. The second-order valence-corrected chi connectivity index (χ2v) is 5.67. The molecular formula is C12H11BrF2N2S. The molecule has 2 rings (SSSR count). The minimum atomic E-state index is -0.601. The van der Waals surface area contributed by atoms with Crippen LogP contribution < -0.4 is 11.3 Å². The van der Waals surface area contributed by atoms with Crippen LogP contribution in [-0.4, -0.2) is 0 Å². The molecule has 0 amide bonds. The van der Waals surface area contributed by atoms with Gasteiger partial charge in [0, 0.05) is 21.8 Å². The highest BCUT2D eigenvalue weighted by Gasteiger charge is 2.15. The first-order valence-electron chi connectivity index (χ1n) is 5.24. The van der Waals surface area contributed by atoms with Gasteiger partial charge < -0.3 is 0 Å². The first kappa shape index (κ1) is 13.6. The van der Waals surface area contributed by atoms with Gasteiger partial charge in [-0.15, -0.1) is 11.3 Å². The molecule has 1 aromatic heterocycles. The summed E-state index contributed by atoms with van der Waals surface area (Å²) in [7, 11) is 0. The van der Waals surface area contributed by atoms with Crippen LogP contribution in [0.3, 0.4) is 0 Å². The maximum atomic E-state index is 13.2. The molecule has 0 aliphatic heterocycles. The molecule has 2 nitrogen and oxygen atoms in total. The van der Waals surface area contributed by atoms with Crippen molar-refractivity contribution in [3.05, 3.63) is 56.2 Å². The van der Waals surface area contributed by atoms with Crippen LogP contribution in [0.5, 0.6) is 0 Å². The molecule has 0 saturated carbocycles. The van der Waals surface area contributed by atoms with Gasteiger partial charge in [0.1, 0.15) is 11.6 Å². The molecule has 1 unspecified atom stereocenters. The molecule has 0 saturated heterocycles. The van der Waals surface area contributed by atoms with Crippen LogP contribution in [0.4, 0.5) is 8.78 Å².